The van der Waals surface area contributed by atoms with Gasteiger partial charge in [0.25, 0.3) is 0 Å². The van der Waals surface area contributed by atoms with Crippen LogP contribution in [0.3, 0.4) is 0 Å². The van der Waals surface area contributed by atoms with Crippen molar-refractivity contribution >= 4 is 13.8 Å². The van der Waals surface area contributed by atoms with Gasteiger partial charge in [-0.2, -0.15) is 0 Å². The lowest BCUT2D eigenvalue weighted by atomic mass is 10.1. The van der Waals surface area contributed by atoms with Crippen LogP contribution < -0.4 is 5.73 Å². The minimum Gasteiger partial charge on any atom is -0.457 e. The molecule has 0 saturated heterocycles. The fourth-order valence-electron chi connectivity index (χ4n) is 4.38. The average Bonchev–Trinajstić information content (AvgIpc) is 3.09. The Balaban J connectivity index is 4.29. The Hall–Kier alpha value is -2.32. The zero-order valence-corrected chi connectivity index (χ0v) is 31.5. The molecule has 0 aliphatic carbocycles. The van der Waals surface area contributed by atoms with Gasteiger partial charge < -0.3 is 20.1 Å². The lowest BCUT2D eigenvalue weighted by Crippen LogP contribution is -2.28. The normalized spacial score (nSPS) is 14.6. The fourth-order valence-corrected chi connectivity index (χ4v) is 5.15. The van der Waals surface area contributed by atoms with Crippen molar-refractivity contribution in [2.75, 3.05) is 33.0 Å². The molecule has 0 bridgehead atoms. The molecule has 9 heteroatoms. The van der Waals surface area contributed by atoms with E-state index in [9.17, 15) is 14.3 Å². The van der Waals surface area contributed by atoms with E-state index in [2.05, 4.69) is 86.8 Å². The van der Waals surface area contributed by atoms with Crippen LogP contribution in [0.5, 0.6) is 0 Å². The second-order valence-electron chi connectivity index (χ2n) is 11.7. The third kappa shape index (κ3) is 36.8. The molecule has 0 amide bonds. The van der Waals surface area contributed by atoms with E-state index in [1.54, 1.807) is 6.08 Å². The lowest BCUT2D eigenvalue weighted by molar-refractivity contribution is -0.153. The molecule has 280 valence electrons. The van der Waals surface area contributed by atoms with E-state index in [4.69, 9.17) is 24.3 Å². The number of phosphoric ester groups is 1. The third-order valence-corrected chi connectivity index (χ3v) is 8.06. The average molecular weight is 706 g/mol. The van der Waals surface area contributed by atoms with Crippen LogP contribution >= 0.6 is 7.82 Å². The molecule has 0 rings (SSSR count). The van der Waals surface area contributed by atoms with Crippen molar-refractivity contribution in [3.8, 4) is 0 Å². The van der Waals surface area contributed by atoms with E-state index < -0.39 is 19.9 Å². The quantitative estimate of drug-likeness (QED) is 0.0294. The summed E-state index contributed by atoms with van der Waals surface area (Å²) >= 11 is 0. The Bertz CT molecular complexity index is 1020. The Kier molecular flexibility index (Phi) is 35.2. The van der Waals surface area contributed by atoms with Crippen LogP contribution in [0.15, 0.2) is 85.1 Å². The number of carbonyl (C=O) groups is 1. The Morgan fingerprint density at radius 3 is 1.71 bits per heavy atom. The van der Waals surface area contributed by atoms with Gasteiger partial charge >= 0.3 is 13.8 Å². The van der Waals surface area contributed by atoms with Crippen LogP contribution in [0, 0.1) is 0 Å². The number of unbranched alkanes of at least 4 members (excludes halogenated alkanes) is 8. The van der Waals surface area contributed by atoms with Crippen molar-refractivity contribution in [1.82, 2.24) is 0 Å². The summed E-state index contributed by atoms with van der Waals surface area (Å²) in [6, 6.07) is 0. The Morgan fingerprint density at radius 1 is 0.633 bits per heavy atom. The zero-order valence-electron chi connectivity index (χ0n) is 30.6. The SMILES string of the molecule is CC/C=C\C/C=C\C/C=C\C/C=C\C/C=C\CC(=O)OC(COCCCCCCCC/C=C\C/C=C\CCCC)COP(=O)(O)OCCN. The van der Waals surface area contributed by atoms with Crippen LogP contribution in [-0.2, 0) is 27.9 Å². The highest BCUT2D eigenvalue weighted by atomic mass is 31.2. The van der Waals surface area contributed by atoms with Crippen molar-refractivity contribution in [2.45, 2.75) is 129 Å². The predicted molar refractivity (Wildman–Crippen MR) is 205 cm³/mol. The molecule has 0 aliphatic heterocycles. The first-order valence-electron chi connectivity index (χ1n) is 18.6. The largest absolute Gasteiger partial charge is 0.472 e. The maximum atomic E-state index is 12.5. The summed E-state index contributed by atoms with van der Waals surface area (Å²) in [4.78, 5) is 22.3. The fraction of sp³-hybridized carbons (Fsp3) is 0.625. The highest BCUT2D eigenvalue weighted by Gasteiger charge is 2.25. The maximum Gasteiger partial charge on any atom is 0.472 e. The molecule has 0 aromatic carbocycles. The van der Waals surface area contributed by atoms with Gasteiger partial charge in [-0.1, -0.05) is 137 Å². The molecule has 49 heavy (non-hydrogen) atoms. The monoisotopic (exact) mass is 705 g/mol. The summed E-state index contributed by atoms with van der Waals surface area (Å²) in [5, 5.41) is 0. The number of esters is 1. The van der Waals surface area contributed by atoms with Crippen molar-refractivity contribution < 1.29 is 32.8 Å². The number of hydrogen-bond acceptors (Lipinski definition) is 7. The molecular weight excluding hydrogens is 637 g/mol. The summed E-state index contributed by atoms with van der Waals surface area (Å²) in [7, 11) is -4.30. The first-order chi connectivity index (χ1) is 23.9. The number of nitrogens with two attached hydrogens (primary N) is 1. The van der Waals surface area contributed by atoms with Gasteiger partial charge in [0.15, 0.2) is 0 Å². The lowest BCUT2D eigenvalue weighted by Gasteiger charge is -2.19. The van der Waals surface area contributed by atoms with E-state index in [0.717, 1.165) is 57.8 Å². The van der Waals surface area contributed by atoms with Gasteiger partial charge in [-0.3, -0.25) is 13.8 Å². The minimum absolute atomic E-state index is 0.0639. The van der Waals surface area contributed by atoms with Crippen LogP contribution in [0.1, 0.15) is 123 Å². The summed E-state index contributed by atoms with van der Waals surface area (Å²) in [6.45, 7) is 4.57. The summed E-state index contributed by atoms with van der Waals surface area (Å²) < 4.78 is 33.1. The van der Waals surface area contributed by atoms with Gasteiger partial charge in [-0.25, -0.2) is 4.57 Å². The van der Waals surface area contributed by atoms with Gasteiger partial charge in [0.2, 0.25) is 0 Å². The number of carbonyl (C=O) groups excluding carboxylic acids is 1. The van der Waals surface area contributed by atoms with E-state index >= 15 is 0 Å². The standard InChI is InChI=1S/C40H68NO7P/c1-3-5-7-9-11-13-15-17-19-21-23-25-27-29-31-33-40(42)48-39(38-47-49(43,44)46-36-34-41)37-45-35-32-30-28-26-24-22-20-18-16-14-12-10-8-6-4-2/h5,7,10-13,16-19,23,25,29,31,39H,3-4,6,8-9,14-15,20-22,24,26-28,30,32-38,41H2,1-2H3,(H,43,44)/b7-5-,12-10-,13-11-,18-16-,19-17-,25-23-,31-29-. The van der Waals surface area contributed by atoms with Gasteiger partial charge in [0.1, 0.15) is 6.10 Å². The van der Waals surface area contributed by atoms with Gasteiger partial charge in [-0.15, -0.1) is 0 Å². The molecule has 2 atom stereocenters. The van der Waals surface area contributed by atoms with Crippen molar-refractivity contribution in [1.29, 1.82) is 0 Å². The predicted octanol–water partition coefficient (Wildman–Crippen LogP) is 10.6. The smallest absolute Gasteiger partial charge is 0.457 e. The van der Waals surface area contributed by atoms with Crippen molar-refractivity contribution in [3.63, 3.8) is 0 Å². The highest BCUT2D eigenvalue weighted by molar-refractivity contribution is 7.47. The second-order valence-corrected chi connectivity index (χ2v) is 13.2. The Labute approximate surface area is 298 Å². The molecule has 0 aromatic rings. The summed E-state index contributed by atoms with van der Waals surface area (Å²) in [6.07, 6.45) is 46.2. The second kappa shape index (κ2) is 36.9. The van der Waals surface area contributed by atoms with Gasteiger partial charge in [0, 0.05) is 13.2 Å². The molecule has 0 saturated carbocycles. The highest BCUT2D eigenvalue weighted by Crippen LogP contribution is 2.43. The number of allylic oxidation sites excluding steroid dienone is 13. The molecule has 3 N–H and O–H groups in total. The molecule has 0 aliphatic rings. The number of hydrogen-bond donors (Lipinski definition) is 2. The number of phosphoric acid groups is 1. The van der Waals surface area contributed by atoms with Crippen LogP contribution in [0.2, 0.25) is 0 Å². The molecule has 2 unspecified atom stereocenters. The van der Waals surface area contributed by atoms with Crippen LogP contribution in [0.25, 0.3) is 0 Å². The van der Waals surface area contributed by atoms with E-state index in [1.807, 2.05) is 6.08 Å². The first kappa shape index (κ1) is 46.7. The number of ether oxygens (including phenoxy) is 2. The molecule has 0 aromatic heterocycles. The van der Waals surface area contributed by atoms with Crippen molar-refractivity contribution in [3.05, 3.63) is 85.1 Å². The van der Waals surface area contributed by atoms with E-state index in [1.165, 1.54) is 38.5 Å². The molecular formula is C40H68NO7P. The van der Waals surface area contributed by atoms with Crippen LogP contribution in [0.4, 0.5) is 0 Å². The summed E-state index contributed by atoms with van der Waals surface area (Å²) in [5.41, 5.74) is 5.34. The third-order valence-electron chi connectivity index (χ3n) is 7.08. The van der Waals surface area contributed by atoms with E-state index in [-0.39, 0.29) is 32.8 Å². The van der Waals surface area contributed by atoms with Gasteiger partial charge in [0.05, 0.1) is 26.2 Å². The molecule has 0 heterocycles. The number of rotatable bonds is 34. The first-order valence-corrected chi connectivity index (χ1v) is 20.1. The topological polar surface area (TPSA) is 117 Å². The Morgan fingerprint density at radius 2 is 1.14 bits per heavy atom. The molecule has 8 nitrogen and oxygen atoms in total. The summed E-state index contributed by atoms with van der Waals surface area (Å²) in [5.74, 6) is -0.465. The van der Waals surface area contributed by atoms with Crippen molar-refractivity contribution in [2.24, 2.45) is 5.73 Å². The van der Waals surface area contributed by atoms with Crippen LogP contribution in [-0.4, -0.2) is 49.9 Å². The maximum absolute atomic E-state index is 12.5. The molecule has 0 spiro atoms. The molecule has 0 radical (unpaired) electrons. The molecule has 0 fully saturated rings. The zero-order chi connectivity index (χ0) is 35.9. The minimum atomic E-state index is -4.30. The van der Waals surface area contributed by atoms with E-state index in [0.29, 0.717) is 13.0 Å². The van der Waals surface area contributed by atoms with Gasteiger partial charge in [-0.05, 0) is 64.2 Å².